The fraction of sp³-hybridized carbons (Fsp3) is 0.200. The van der Waals surface area contributed by atoms with Gasteiger partial charge in [-0.25, -0.2) is 27.5 Å². The van der Waals surface area contributed by atoms with Gasteiger partial charge in [-0.05, 0) is 12.1 Å². The number of benzene rings is 1. The molecule has 0 aliphatic heterocycles. The first-order valence-electron chi connectivity index (χ1n) is 7.26. The Bertz CT molecular complexity index is 1160. The standard InChI is InChI=1S/C15H12F3N5O3/c1-21-6-19-13-12(21)14(25)23(15(26)22(13)2)5-9(24)20-8-4-3-7(16)10(17)11(8)18/h3-4,6H,5H2,1-2H3,(H,20,24). The molecule has 0 spiro atoms. The predicted molar refractivity (Wildman–Crippen MR) is 85.2 cm³/mol. The number of fused-ring (bicyclic) bond motifs is 1. The number of nitrogens with zero attached hydrogens (tertiary/aromatic N) is 4. The maximum absolute atomic E-state index is 13.6. The number of carbonyl (C=O) groups is 1. The fourth-order valence-corrected chi connectivity index (χ4v) is 2.49. The van der Waals surface area contributed by atoms with E-state index in [1.165, 1.54) is 17.9 Å². The average molecular weight is 367 g/mol. The van der Waals surface area contributed by atoms with Gasteiger partial charge in [0.1, 0.15) is 6.54 Å². The summed E-state index contributed by atoms with van der Waals surface area (Å²) in [6.07, 6.45) is 1.34. The summed E-state index contributed by atoms with van der Waals surface area (Å²) < 4.78 is 42.9. The van der Waals surface area contributed by atoms with Crippen LogP contribution in [0.25, 0.3) is 11.2 Å². The monoisotopic (exact) mass is 367 g/mol. The summed E-state index contributed by atoms with van der Waals surface area (Å²) in [5.41, 5.74) is -1.93. The van der Waals surface area contributed by atoms with Gasteiger partial charge in [-0.1, -0.05) is 0 Å². The predicted octanol–water partition coefficient (Wildman–Crippen LogP) is 0.490. The minimum atomic E-state index is -1.74. The number of hydrogen-bond acceptors (Lipinski definition) is 4. The van der Waals surface area contributed by atoms with Gasteiger partial charge < -0.3 is 9.88 Å². The highest BCUT2D eigenvalue weighted by Gasteiger charge is 2.19. The van der Waals surface area contributed by atoms with Crippen LogP contribution in [0.2, 0.25) is 0 Å². The van der Waals surface area contributed by atoms with Gasteiger partial charge in [-0.3, -0.25) is 14.2 Å². The van der Waals surface area contributed by atoms with Crippen molar-refractivity contribution in [1.29, 1.82) is 0 Å². The molecule has 0 aliphatic rings. The van der Waals surface area contributed by atoms with E-state index in [0.29, 0.717) is 10.6 Å². The van der Waals surface area contributed by atoms with Gasteiger partial charge in [0.15, 0.2) is 28.6 Å². The summed E-state index contributed by atoms with van der Waals surface area (Å²) >= 11 is 0. The molecule has 11 heteroatoms. The summed E-state index contributed by atoms with van der Waals surface area (Å²) in [7, 11) is 2.92. The number of halogens is 3. The molecule has 0 saturated heterocycles. The number of hydrogen-bond donors (Lipinski definition) is 1. The number of aryl methyl sites for hydroxylation is 2. The molecule has 0 saturated carbocycles. The van der Waals surface area contributed by atoms with Crippen LogP contribution in [0.4, 0.5) is 18.9 Å². The van der Waals surface area contributed by atoms with Crippen LogP contribution >= 0.6 is 0 Å². The Morgan fingerprint density at radius 2 is 1.85 bits per heavy atom. The van der Waals surface area contributed by atoms with E-state index in [2.05, 4.69) is 4.98 Å². The molecule has 0 unspecified atom stereocenters. The zero-order valence-corrected chi connectivity index (χ0v) is 13.6. The van der Waals surface area contributed by atoms with Crippen LogP contribution in [0.5, 0.6) is 0 Å². The molecule has 0 aliphatic carbocycles. The Balaban J connectivity index is 1.98. The van der Waals surface area contributed by atoms with E-state index in [4.69, 9.17) is 0 Å². The number of amides is 1. The van der Waals surface area contributed by atoms with Crippen molar-refractivity contribution >= 4 is 22.8 Å². The molecule has 8 nitrogen and oxygen atoms in total. The first-order chi connectivity index (χ1) is 12.2. The molecular formula is C15H12F3N5O3. The number of aromatic nitrogens is 4. The molecule has 136 valence electrons. The highest BCUT2D eigenvalue weighted by molar-refractivity contribution is 5.90. The zero-order chi connectivity index (χ0) is 19.2. The molecule has 2 heterocycles. The summed E-state index contributed by atoms with van der Waals surface area (Å²) in [6, 6.07) is 1.47. The largest absolute Gasteiger partial charge is 0.332 e. The van der Waals surface area contributed by atoms with Gasteiger partial charge in [0.05, 0.1) is 12.0 Å². The van der Waals surface area contributed by atoms with Crippen LogP contribution in [0.15, 0.2) is 28.0 Å². The lowest BCUT2D eigenvalue weighted by molar-refractivity contribution is -0.116. The van der Waals surface area contributed by atoms with Crippen molar-refractivity contribution in [2.24, 2.45) is 14.1 Å². The number of nitrogens with one attached hydrogen (secondary N) is 1. The minimum absolute atomic E-state index is 0.0962. The van der Waals surface area contributed by atoms with E-state index in [9.17, 15) is 27.6 Å². The van der Waals surface area contributed by atoms with Crippen LogP contribution in [-0.4, -0.2) is 24.6 Å². The van der Waals surface area contributed by atoms with E-state index in [0.717, 1.165) is 10.6 Å². The van der Waals surface area contributed by atoms with Crippen molar-refractivity contribution in [1.82, 2.24) is 18.7 Å². The number of carbonyl (C=O) groups excluding carboxylic acids is 1. The lowest BCUT2D eigenvalue weighted by Gasteiger charge is -2.10. The van der Waals surface area contributed by atoms with Crippen molar-refractivity contribution in [2.45, 2.75) is 6.54 Å². The van der Waals surface area contributed by atoms with E-state index < -0.39 is 46.8 Å². The second-order valence-corrected chi connectivity index (χ2v) is 5.53. The number of rotatable bonds is 3. The van der Waals surface area contributed by atoms with Gasteiger partial charge in [0.25, 0.3) is 5.56 Å². The van der Waals surface area contributed by atoms with Crippen molar-refractivity contribution in [2.75, 3.05) is 5.32 Å². The Kier molecular flexibility index (Phi) is 4.14. The van der Waals surface area contributed by atoms with Gasteiger partial charge in [0.2, 0.25) is 5.91 Å². The molecule has 2 aromatic heterocycles. The van der Waals surface area contributed by atoms with Crippen LogP contribution in [0.1, 0.15) is 0 Å². The quantitative estimate of drug-likeness (QED) is 0.682. The summed E-state index contributed by atoms with van der Waals surface area (Å²) in [5, 5.41) is 2.01. The first-order valence-corrected chi connectivity index (χ1v) is 7.26. The van der Waals surface area contributed by atoms with E-state index in [1.54, 1.807) is 7.05 Å². The number of anilines is 1. The van der Waals surface area contributed by atoms with E-state index in [1.807, 2.05) is 5.32 Å². The van der Waals surface area contributed by atoms with Crippen molar-refractivity contribution < 1.29 is 18.0 Å². The molecule has 0 radical (unpaired) electrons. The van der Waals surface area contributed by atoms with E-state index >= 15 is 0 Å². The molecule has 3 aromatic rings. The molecule has 1 amide bonds. The Morgan fingerprint density at radius 1 is 1.15 bits per heavy atom. The Hall–Kier alpha value is -3.37. The molecular weight excluding hydrogens is 355 g/mol. The zero-order valence-electron chi connectivity index (χ0n) is 13.6. The van der Waals surface area contributed by atoms with Gasteiger partial charge in [-0.2, -0.15) is 0 Å². The molecule has 1 N–H and O–H groups in total. The normalized spacial score (nSPS) is 11.1. The maximum atomic E-state index is 13.6. The third-order valence-electron chi connectivity index (χ3n) is 3.81. The molecule has 0 bridgehead atoms. The summed E-state index contributed by atoms with van der Waals surface area (Å²) in [5.74, 6) is -5.70. The second kappa shape index (κ2) is 6.17. The molecule has 0 atom stereocenters. The third-order valence-corrected chi connectivity index (χ3v) is 3.81. The SMILES string of the molecule is Cn1cnc2c1c(=O)n(CC(=O)Nc1ccc(F)c(F)c1F)c(=O)n2C. The van der Waals surface area contributed by atoms with Gasteiger partial charge >= 0.3 is 5.69 Å². The fourth-order valence-electron chi connectivity index (χ4n) is 2.49. The summed E-state index contributed by atoms with van der Waals surface area (Å²) in [6.45, 7) is -0.745. The molecule has 1 aromatic carbocycles. The van der Waals surface area contributed by atoms with E-state index in [-0.39, 0.29) is 11.2 Å². The Morgan fingerprint density at radius 3 is 2.54 bits per heavy atom. The maximum Gasteiger partial charge on any atom is 0.332 e. The van der Waals surface area contributed by atoms with Crippen LogP contribution in [-0.2, 0) is 25.4 Å². The van der Waals surface area contributed by atoms with Crippen LogP contribution in [0, 0.1) is 17.5 Å². The first kappa shape index (κ1) is 17.5. The average Bonchev–Trinajstić information content (AvgIpc) is 2.99. The highest BCUT2D eigenvalue weighted by Crippen LogP contribution is 2.19. The lowest BCUT2D eigenvalue weighted by Crippen LogP contribution is -2.42. The molecule has 26 heavy (non-hydrogen) atoms. The number of imidazole rings is 1. The smallest absolute Gasteiger partial charge is 0.328 e. The topological polar surface area (TPSA) is 90.9 Å². The van der Waals surface area contributed by atoms with Crippen molar-refractivity contribution in [3.05, 3.63) is 56.7 Å². The van der Waals surface area contributed by atoms with Crippen LogP contribution < -0.4 is 16.6 Å². The lowest BCUT2D eigenvalue weighted by atomic mass is 10.2. The van der Waals surface area contributed by atoms with Crippen molar-refractivity contribution in [3.63, 3.8) is 0 Å². The summed E-state index contributed by atoms with van der Waals surface area (Å²) in [4.78, 5) is 40.8. The van der Waals surface area contributed by atoms with Gasteiger partial charge in [-0.15, -0.1) is 0 Å². The van der Waals surface area contributed by atoms with Gasteiger partial charge in [0, 0.05) is 14.1 Å². The third kappa shape index (κ3) is 2.66. The molecule has 3 rings (SSSR count). The molecule has 0 fully saturated rings. The highest BCUT2D eigenvalue weighted by atomic mass is 19.2. The Labute approximate surface area is 143 Å². The minimum Gasteiger partial charge on any atom is -0.328 e. The van der Waals surface area contributed by atoms with Crippen molar-refractivity contribution in [3.8, 4) is 0 Å². The van der Waals surface area contributed by atoms with Crippen LogP contribution in [0.3, 0.4) is 0 Å². The second-order valence-electron chi connectivity index (χ2n) is 5.53.